The quantitative estimate of drug-likeness (QED) is 0.102. The van der Waals surface area contributed by atoms with Crippen LogP contribution in [0.15, 0.2) is 66.9 Å². The average Bonchev–Trinajstić information content (AvgIpc) is 4.06. The standard InChI is InChI=1S/C46H55ClN8O6/c1-24(2)37(51-45(58)60-7)43(56)54-26(5)9-19-35(54)41-48-23-34(49-41)29-13-11-28(12-14-29)30-15-16-32-22-33(18-17-31(32)21-30)39-40(47)53-42(50-39)36-20-10-27(6)55(36)44(57)38(25(3)4)52-46(59)61-8/h11-18,21-27,35-38H,9-10,19-20H2,1-8H3,(H,48,49)(H,50,53)(H,51,58)(H,52,59)/t26-,27-,35-,36-,37?,38?/m0/s1. The molecule has 14 nitrogen and oxygen atoms in total. The predicted molar refractivity (Wildman–Crippen MR) is 234 cm³/mol. The number of methoxy groups -OCH3 is 2. The number of hydrogen-bond acceptors (Lipinski definition) is 8. The van der Waals surface area contributed by atoms with Crippen molar-refractivity contribution in [2.45, 2.75) is 103 Å². The molecule has 322 valence electrons. The largest absolute Gasteiger partial charge is 0.453 e. The van der Waals surface area contributed by atoms with Crippen molar-refractivity contribution in [3.8, 4) is 33.6 Å². The monoisotopic (exact) mass is 850 g/mol. The van der Waals surface area contributed by atoms with E-state index in [0.717, 1.165) is 58.0 Å². The van der Waals surface area contributed by atoms with Crippen LogP contribution in [0.5, 0.6) is 0 Å². The summed E-state index contributed by atoms with van der Waals surface area (Å²) < 4.78 is 9.58. The lowest BCUT2D eigenvalue weighted by Crippen LogP contribution is -2.52. The van der Waals surface area contributed by atoms with Crippen LogP contribution >= 0.6 is 11.6 Å². The lowest BCUT2D eigenvalue weighted by Gasteiger charge is -2.32. The van der Waals surface area contributed by atoms with E-state index in [1.54, 1.807) is 0 Å². The van der Waals surface area contributed by atoms with E-state index in [1.165, 1.54) is 14.2 Å². The molecule has 2 aliphatic rings. The second kappa shape index (κ2) is 18.0. The number of nitrogens with one attached hydrogen (secondary N) is 4. The number of rotatable bonds is 11. The summed E-state index contributed by atoms with van der Waals surface area (Å²) in [5.41, 5.74) is 5.40. The molecule has 61 heavy (non-hydrogen) atoms. The lowest BCUT2D eigenvalue weighted by atomic mass is 9.98. The third-order valence-corrected chi connectivity index (χ3v) is 12.5. The summed E-state index contributed by atoms with van der Waals surface area (Å²) in [4.78, 5) is 71.8. The zero-order valence-corrected chi connectivity index (χ0v) is 36.7. The summed E-state index contributed by atoms with van der Waals surface area (Å²) in [6, 6.07) is 18.7. The van der Waals surface area contributed by atoms with E-state index in [0.29, 0.717) is 28.9 Å². The van der Waals surface area contributed by atoms with Gasteiger partial charge in [0.2, 0.25) is 11.8 Å². The van der Waals surface area contributed by atoms with Crippen LogP contribution in [0.3, 0.4) is 0 Å². The fourth-order valence-corrected chi connectivity index (χ4v) is 9.00. The highest BCUT2D eigenvalue weighted by atomic mass is 35.5. The number of carbonyl (C=O) groups is 4. The Morgan fingerprint density at radius 2 is 1.15 bits per heavy atom. The first-order chi connectivity index (χ1) is 29.2. The second-order valence-electron chi connectivity index (χ2n) is 16.9. The minimum Gasteiger partial charge on any atom is -0.453 e. The van der Waals surface area contributed by atoms with Gasteiger partial charge in [0, 0.05) is 17.6 Å². The molecule has 4 heterocycles. The lowest BCUT2D eigenvalue weighted by molar-refractivity contribution is -0.138. The van der Waals surface area contributed by atoms with Gasteiger partial charge in [0.15, 0.2) is 0 Å². The maximum atomic E-state index is 13.9. The Hall–Kier alpha value is -5.89. The molecule has 0 radical (unpaired) electrons. The van der Waals surface area contributed by atoms with Crippen LogP contribution in [0.25, 0.3) is 44.4 Å². The molecule has 0 spiro atoms. The number of H-pyrrole nitrogens is 2. The van der Waals surface area contributed by atoms with Gasteiger partial charge in [-0.25, -0.2) is 19.6 Å². The number of aromatic nitrogens is 4. The molecule has 0 saturated carbocycles. The summed E-state index contributed by atoms with van der Waals surface area (Å²) >= 11 is 6.80. The second-order valence-corrected chi connectivity index (χ2v) is 17.3. The Morgan fingerprint density at radius 1 is 0.672 bits per heavy atom. The SMILES string of the molecule is COC(=O)NC(C(=O)N1[C@@H](C)CC[C@H]1c1ncc(-c2ccc(-c3ccc4cc(-c5nc([C@@H]6CC[C@H](C)N6C(=O)C(NC(=O)OC)C(C)C)[nH]c5Cl)ccc4c3)cc2)[nH]1)C(C)C. The highest BCUT2D eigenvalue weighted by molar-refractivity contribution is 6.32. The molecular formula is C46H55ClN8O6. The van der Waals surface area contributed by atoms with Crippen LogP contribution < -0.4 is 10.6 Å². The van der Waals surface area contributed by atoms with Gasteiger partial charge in [-0.05, 0) is 91.0 Å². The van der Waals surface area contributed by atoms with Gasteiger partial charge in [-0.15, -0.1) is 0 Å². The molecule has 2 fully saturated rings. The molecule has 2 unspecified atom stereocenters. The zero-order valence-electron chi connectivity index (χ0n) is 35.9. The zero-order chi connectivity index (χ0) is 43.7. The summed E-state index contributed by atoms with van der Waals surface area (Å²) in [5.74, 6) is 0.730. The Kier molecular flexibility index (Phi) is 12.7. The van der Waals surface area contributed by atoms with E-state index in [-0.39, 0.29) is 47.8 Å². The van der Waals surface area contributed by atoms with Crippen LogP contribution in [-0.4, -0.2) is 92.1 Å². The van der Waals surface area contributed by atoms with Gasteiger partial charge in [-0.1, -0.05) is 87.8 Å². The number of carbonyl (C=O) groups excluding carboxylic acids is 4. The van der Waals surface area contributed by atoms with Gasteiger partial charge < -0.3 is 39.9 Å². The van der Waals surface area contributed by atoms with E-state index >= 15 is 0 Å². The molecule has 2 aliphatic heterocycles. The van der Waals surface area contributed by atoms with Crippen molar-refractivity contribution < 1.29 is 28.7 Å². The number of benzene rings is 3. The van der Waals surface area contributed by atoms with E-state index in [1.807, 2.05) is 63.6 Å². The molecule has 4 amide bonds. The normalized spacial score (nSPS) is 20.0. The van der Waals surface area contributed by atoms with Crippen molar-refractivity contribution >= 4 is 46.4 Å². The number of hydrogen-bond donors (Lipinski definition) is 4. The third kappa shape index (κ3) is 8.81. The number of imidazole rings is 2. The van der Waals surface area contributed by atoms with Gasteiger partial charge in [-0.2, -0.15) is 0 Å². The Balaban J connectivity index is 1.06. The van der Waals surface area contributed by atoms with Crippen molar-refractivity contribution in [3.05, 3.63) is 83.7 Å². The summed E-state index contributed by atoms with van der Waals surface area (Å²) in [6.07, 6.45) is 3.63. The van der Waals surface area contributed by atoms with Crippen molar-refractivity contribution in [3.63, 3.8) is 0 Å². The first-order valence-electron chi connectivity index (χ1n) is 21.0. The van der Waals surface area contributed by atoms with Gasteiger partial charge >= 0.3 is 12.2 Å². The topological polar surface area (TPSA) is 175 Å². The van der Waals surface area contributed by atoms with Gasteiger partial charge in [-0.3, -0.25) is 9.59 Å². The van der Waals surface area contributed by atoms with Crippen LogP contribution in [0.4, 0.5) is 9.59 Å². The summed E-state index contributed by atoms with van der Waals surface area (Å²) in [7, 11) is 2.57. The van der Waals surface area contributed by atoms with E-state index in [2.05, 4.69) is 75.2 Å². The number of alkyl carbamates (subject to hydrolysis) is 2. The molecule has 15 heteroatoms. The molecule has 6 atom stereocenters. The third-order valence-electron chi connectivity index (χ3n) is 12.2. The molecular weight excluding hydrogens is 796 g/mol. The van der Waals surface area contributed by atoms with Crippen molar-refractivity contribution in [2.24, 2.45) is 11.8 Å². The Morgan fingerprint density at radius 3 is 1.67 bits per heavy atom. The highest BCUT2D eigenvalue weighted by Gasteiger charge is 2.43. The number of halogens is 1. The highest BCUT2D eigenvalue weighted by Crippen LogP contribution is 2.40. The summed E-state index contributed by atoms with van der Waals surface area (Å²) in [5, 5.41) is 7.90. The average molecular weight is 851 g/mol. The minimum absolute atomic E-state index is 0.00553. The Bertz CT molecular complexity index is 2410. The summed E-state index contributed by atoms with van der Waals surface area (Å²) in [6.45, 7) is 11.6. The van der Waals surface area contributed by atoms with Gasteiger partial charge in [0.1, 0.15) is 34.6 Å². The van der Waals surface area contributed by atoms with E-state index < -0.39 is 24.3 Å². The van der Waals surface area contributed by atoms with Gasteiger partial charge in [0.05, 0.1) is 38.2 Å². The van der Waals surface area contributed by atoms with Crippen molar-refractivity contribution in [1.82, 2.24) is 40.4 Å². The number of aromatic amines is 2. The van der Waals surface area contributed by atoms with E-state index in [4.69, 9.17) is 31.0 Å². The Labute approximate surface area is 361 Å². The van der Waals surface area contributed by atoms with Gasteiger partial charge in [0.25, 0.3) is 0 Å². The first kappa shape index (κ1) is 43.2. The smallest absolute Gasteiger partial charge is 0.407 e. The number of likely N-dealkylation sites (tertiary alicyclic amines) is 2. The molecule has 0 bridgehead atoms. The number of amides is 4. The van der Waals surface area contributed by atoms with Crippen LogP contribution in [-0.2, 0) is 19.1 Å². The molecule has 0 aliphatic carbocycles. The molecule has 2 saturated heterocycles. The molecule has 2 aromatic heterocycles. The number of ether oxygens (including phenoxy) is 2. The maximum absolute atomic E-state index is 13.9. The fourth-order valence-electron chi connectivity index (χ4n) is 8.75. The fraction of sp³-hybridized carbons (Fsp3) is 0.435. The minimum atomic E-state index is -0.742. The van der Waals surface area contributed by atoms with Crippen LogP contribution in [0.1, 0.15) is 91.0 Å². The first-order valence-corrected chi connectivity index (χ1v) is 21.3. The maximum Gasteiger partial charge on any atom is 0.407 e. The predicted octanol–water partition coefficient (Wildman–Crippen LogP) is 8.81. The number of fused-ring (bicyclic) bond motifs is 1. The van der Waals surface area contributed by atoms with Crippen LogP contribution in [0.2, 0.25) is 5.15 Å². The van der Waals surface area contributed by atoms with Crippen molar-refractivity contribution in [1.29, 1.82) is 0 Å². The molecule has 3 aromatic carbocycles. The van der Waals surface area contributed by atoms with Crippen molar-refractivity contribution in [2.75, 3.05) is 14.2 Å². The number of nitrogens with zero attached hydrogens (tertiary/aromatic N) is 4. The van der Waals surface area contributed by atoms with E-state index in [9.17, 15) is 19.2 Å². The van der Waals surface area contributed by atoms with Crippen LogP contribution in [0, 0.1) is 11.8 Å². The molecule has 7 rings (SSSR count). The molecule has 4 N–H and O–H groups in total. The molecule has 5 aromatic rings.